The molecule has 0 atom stereocenters. The number of fused-ring (bicyclic) bond motifs is 2. The number of H-pyrrole nitrogens is 2. The first-order valence-corrected chi connectivity index (χ1v) is 11.1. The second-order valence-corrected chi connectivity index (χ2v) is 8.32. The van der Waals surface area contributed by atoms with Gasteiger partial charge in [-0.1, -0.05) is 18.2 Å². The van der Waals surface area contributed by atoms with E-state index in [-0.39, 0.29) is 5.91 Å². The molecule has 6 rings (SSSR count). The number of para-hydroxylation sites is 1. The van der Waals surface area contributed by atoms with Gasteiger partial charge in [-0.25, -0.2) is 4.98 Å². The van der Waals surface area contributed by atoms with Gasteiger partial charge in [0.1, 0.15) is 5.75 Å². The molecule has 2 aliphatic heterocycles. The molecule has 0 aliphatic carbocycles. The molecule has 9 nitrogen and oxygen atoms in total. The summed E-state index contributed by atoms with van der Waals surface area (Å²) in [7, 11) is 0. The quantitative estimate of drug-likeness (QED) is 0.437. The van der Waals surface area contributed by atoms with Crippen molar-refractivity contribution in [1.82, 2.24) is 25.1 Å². The Bertz CT molecular complexity index is 1320. The molecule has 3 N–H and O–H groups in total. The Kier molecular flexibility index (Phi) is 5.04. The van der Waals surface area contributed by atoms with Gasteiger partial charge in [-0.3, -0.25) is 14.8 Å². The van der Waals surface area contributed by atoms with Gasteiger partial charge >= 0.3 is 0 Å². The number of amides is 1. The monoisotopic (exact) mass is 444 g/mol. The summed E-state index contributed by atoms with van der Waals surface area (Å²) in [4.78, 5) is 23.4. The maximum atomic E-state index is 13.0. The molecule has 1 saturated heterocycles. The van der Waals surface area contributed by atoms with E-state index in [1.54, 1.807) is 12.3 Å². The highest BCUT2D eigenvalue weighted by molar-refractivity contribution is 6.08. The van der Waals surface area contributed by atoms with Crippen molar-refractivity contribution in [3.05, 3.63) is 59.3 Å². The number of aromatic amines is 2. The molecular formula is C24H24N6O3. The van der Waals surface area contributed by atoms with E-state index in [1.165, 1.54) is 5.56 Å². The molecule has 0 unspecified atom stereocenters. The third-order valence-corrected chi connectivity index (χ3v) is 6.13. The Morgan fingerprint density at radius 2 is 2.06 bits per heavy atom. The molecule has 1 amide bonds. The lowest BCUT2D eigenvalue weighted by Gasteiger charge is -2.26. The molecule has 1 fully saturated rings. The number of aromatic nitrogens is 4. The molecule has 0 radical (unpaired) electrons. The second kappa shape index (κ2) is 8.34. The third-order valence-electron chi connectivity index (χ3n) is 6.13. The standard InChI is InChI=1S/C24H24N6O3/c31-24(17-3-1-2-16-6-9-33-22(16)17)28-20-13-25-29-21(20)23-26-18-5-4-15(12-19(18)27-23)14-30-7-10-32-11-8-30/h1-5,12-13H,6-11,14H2,(H,25,29)(H,26,27)(H,28,31). The minimum absolute atomic E-state index is 0.236. The molecule has 2 aliphatic rings. The molecule has 2 aromatic carbocycles. The van der Waals surface area contributed by atoms with E-state index in [0.29, 0.717) is 35.1 Å². The zero-order valence-electron chi connectivity index (χ0n) is 18.1. The van der Waals surface area contributed by atoms with Crippen LogP contribution in [0.1, 0.15) is 21.5 Å². The Morgan fingerprint density at radius 1 is 1.15 bits per heavy atom. The average molecular weight is 444 g/mol. The fourth-order valence-corrected chi connectivity index (χ4v) is 4.43. The number of morpholine rings is 1. The normalized spacial score (nSPS) is 16.0. The molecule has 9 heteroatoms. The van der Waals surface area contributed by atoms with Crippen LogP contribution in [0, 0.1) is 0 Å². The smallest absolute Gasteiger partial charge is 0.259 e. The van der Waals surface area contributed by atoms with Gasteiger partial charge in [0.05, 0.1) is 42.1 Å². The van der Waals surface area contributed by atoms with Crippen LogP contribution in [0.2, 0.25) is 0 Å². The highest BCUT2D eigenvalue weighted by Crippen LogP contribution is 2.31. The van der Waals surface area contributed by atoms with Gasteiger partial charge in [-0.2, -0.15) is 5.10 Å². The van der Waals surface area contributed by atoms with Crippen molar-refractivity contribution in [2.75, 3.05) is 38.2 Å². The average Bonchev–Trinajstić information content (AvgIpc) is 3.58. The molecule has 0 spiro atoms. The van der Waals surface area contributed by atoms with Gasteiger partial charge < -0.3 is 19.8 Å². The first-order chi connectivity index (χ1) is 16.2. The number of benzene rings is 2. The van der Waals surface area contributed by atoms with Crippen molar-refractivity contribution in [3.8, 4) is 17.3 Å². The largest absolute Gasteiger partial charge is 0.492 e. The summed E-state index contributed by atoms with van der Waals surface area (Å²) in [5.74, 6) is 1.02. The van der Waals surface area contributed by atoms with E-state index in [9.17, 15) is 4.79 Å². The maximum Gasteiger partial charge on any atom is 0.259 e. The first-order valence-electron chi connectivity index (χ1n) is 11.1. The van der Waals surface area contributed by atoms with Crippen LogP contribution >= 0.6 is 0 Å². The summed E-state index contributed by atoms with van der Waals surface area (Å²) in [5, 5.41) is 10.1. The van der Waals surface area contributed by atoms with E-state index in [0.717, 1.165) is 55.9 Å². The van der Waals surface area contributed by atoms with Crippen LogP contribution in [-0.2, 0) is 17.7 Å². The zero-order valence-corrected chi connectivity index (χ0v) is 18.1. The van der Waals surface area contributed by atoms with Gasteiger partial charge in [0.15, 0.2) is 11.5 Å². The minimum Gasteiger partial charge on any atom is -0.492 e. The summed E-state index contributed by atoms with van der Waals surface area (Å²) in [5.41, 5.74) is 5.69. The van der Waals surface area contributed by atoms with Gasteiger partial charge in [-0.15, -0.1) is 0 Å². The Morgan fingerprint density at radius 3 is 2.97 bits per heavy atom. The molecular weight excluding hydrogens is 420 g/mol. The van der Waals surface area contributed by atoms with Crippen LogP contribution in [0.3, 0.4) is 0 Å². The lowest BCUT2D eigenvalue weighted by atomic mass is 10.1. The predicted octanol–water partition coefficient (Wildman–Crippen LogP) is 2.97. The number of ether oxygens (including phenoxy) is 2. The van der Waals surface area contributed by atoms with E-state index < -0.39 is 0 Å². The van der Waals surface area contributed by atoms with Crippen molar-refractivity contribution in [2.45, 2.75) is 13.0 Å². The van der Waals surface area contributed by atoms with Crippen molar-refractivity contribution < 1.29 is 14.3 Å². The van der Waals surface area contributed by atoms with Crippen LogP contribution in [-0.4, -0.2) is 63.9 Å². The Labute approximate surface area is 190 Å². The van der Waals surface area contributed by atoms with E-state index >= 15 is 0 Å². The number of anilines is 1. The van der Waals surface area contributed by atoms with E-state index in [1.807, 2.05) is 18.2 Å². The Hall–Kier alpha value is -3.69. The lowest BCUT2D eigenvalue weighted by Crippen LogP contribution is -2.35. The summed E-state index contributed by atoms with van der Waals surface area (Å²) in [6.07, 6.45) is 2.48. The number of imidazole rings is 1. The molecule has 33 heavy (non-hydrogen) atoms. The van der Waals surface area contributed by atoms with Crippen LogP contribution < -0.4 is 10.1 Å². The number of nitrogens with zero attached hydrogens (tertiary/aromatic N) is 3. The number of carbonyl (C=O) groups is 1. The molecule has 4 heterocycles. The van der Waals surface area contributed by atoms with Crippen LogP contribution in [0.15, 0.2) is 42.6 Å². The van der Waals surface area contributed by atoms with Gasteiger partial charge in [0, 0.05) is 32.3 Å². The second-order valence-electron chi connectivity index (χ2n) is 8.32. The van der Waals surface area contributed by atoms with Crippen LogP contribution in [0.4, 0.5) is 5.69 Å². The summed E-state index contributed by atoms with van der Waals surface area (Å²) >= 11 is 0. The Balaban J connectivity index is 1.24. The first kappa shape index (κ1) is 20.0. The maximum absolute atomic E-state index is 13.0. The van der Waals surface area contributed by atoms with Gasteiger partial charge in [0.25, 0.3) is 5.91 Å². The van der Waals surface area contributed by atoms with E-state index in [2.05, 4.69) is 37.5 Å². The number of hydrogen-bond donors (Lipinski definition) is 3. The summed E-state index contributed by atoms with van der Waals surface area (Å²) in [6.45, 7) is 4.91. The number of hydrogen-bond acceptors (Lipinski definition) is 6. The van der Waals surface area contributed by atoms with Gasteiger partial charge in [-0.05, 0) is 29.3 Å². The van der Waals surface area contributed by atoms with Crippen molar-refractivity contribution in [2.24, 2.45) is 0 Å². The van der Waals surface area contributed by atoms with Crippen molar-refractivity contribution >= 4 is 22.6 Å². The third kappa shape index (κ3) is 3.85. The topological polar surface area (TPSA) is 108 Å². The fraction of sp³-hybridized carbons (Fsp3) is 0.292. The number of carbonyl (C=O) groups excluding carboxylic acids is 1. The lowest BCUT2D eigenvalue weighted by molar-refractivity contribution is 0.0342. The highest BCUT2D eigenvalue weighted by Gasteiger charge is 2.22. The predicted molar refractivity (Wildman–Crippen MR) is 123 cm³/mol. The highest BCUT2D eigenvalue weighted by atomic mass is 16.5. The van der Waals surface area contributed by atoms with Crippen molar-refractivity contribution in [3.63, 3.8) is 0 Å². The molecule has 168 valence electrons. The molecule has 0 bridgehead atoms. The minimum atomic E-state index is -0.236. The zero-order chi connectivity index (χ0) is 22.2. The van der Waals surface area contributed by atoms with Crippen LogP contribution in [0.5, 0.6) is 5.75 Å². The number of rotatable bonds is 5. The summed E-state index contributed by atoms with van der Waals surface area (Å²) < 4.78 is 11.1. The fourth-order valence-electron chi connectivity index (χ4n) is 4.43. The van der Waals surface area contributed by atoms with Crippen LogP contribution in [0.25, 0.3) is 22.6 Å². The molecule has 4 aromatic rings. The number of nitrogens with one attached hydrogen (secondary N) is 3. The molecule has 0 saturated carbocycles. The van der Waals surface area contributed by atoms with Crippen molar-refractivity contribution in [1.29, 1.82) is 0 Å². The van der Waals surface area contributed by atoms with E-state index in [4.69, 9.17) is 14.5 Å². The van der Waals surface area contributed by atoms with Gasteiger partial charge in [0.2, 0.25) is 0 Å². The molecule has 2 aromatic heterocycles. The SMILES string of the molecule is O=C(Nc1c[nH]nc1-c1nc2cc(CN3CCOCC3)ccc2[nH]1)c1cccc2c1OCC2. The summed E-state index contributed by atoms with van der Waals surface area (Å²) in [6, 6.07) is 11.9.